The quantitative estimate of drug-likeness (QED) is 0.463. The lowest BCUT2D eigenvalue weighted by atomic mass is 9.95. The van der Waals surface area contributed by atoms with E-state index >= 15 is 0 Å². The van der Waals surface area contributed by atoms with Gasteiger partial charge in [-0.05, 0) is 35.8 Å². The highest BCUT2D eigenvalue weighted by Crippen LogP contribution is 2.37. The van der Waals surface area contributed by atoms with Crippen LogP contribution in [0.3, 0.4) is 0 Å². The number of hydrogen-bond acceptors (Lipinski definition) is 5. The molecular weight excluding hydrogens is 337 g/mol. The summed E-state index contributed by atoms with van der Waals surface area (Å²) in [5.41, 5.74) is -1.51. The molecular formula is C12H13BrFNO5. The molecule has 0 spiro atoms. The number of hydrogen-bond donors (Lipinski definition) is 0. The number of ether oxygens (including phenoxy) is 2. The molecule has 1 aromatic rings. The topological polar surface area (TPSA) is 78.7 Å². The molecule has 6 nitrogen and oxygen atoms in total. The lowest BCUT2D eigenvalue weighted by Gasteiger charge is -2.21. The average Bonchev–Trinajstić information content (AvgIpc) is 2.35. The van der Waals surface area contributed by atoms with Gasteiger partial charge in [0.2, 0.25) is 5.75 Å². The smallest absolute Gasteiger partial charge is 0.315 e. The minimum atomic E-state index is -0.990. The molecule has 0 aliphatic rings. The predicted molar refractivity (Wildman–Crippen MR) is 72.0 cm³/mol. The highest BCUT2D eigenvalue weighted by atomic mass is 79.9. The monoisotopic (exact) mass is 349 g/mol. The third-order valence-electron chi connectivity index (χ3n) is 2.50. The van der Waals surface area contributed by atoms with E-state index in [4.69, 9.17) is 4.74 Å². The van der Waals surface area contributed by atoms with E-state index in [1.165, 1.54) is 7.11 Å². The number of benzene rings is 1. The maximum absolute atomic E-state index is 13.2. The molecule has 0 saturated heterocycles. The number of nitrogens with zero attached hydrogens (tertiary/aromatic N) is 1. The molecule has 0 aliphatic heterocycles. The van der Waals surface area contributed by atoms with E-state index in [9.17, 15) is 19.3 Å². The van der Waals surface area contributed by atoms with Crippen LogP contribution in [0.2, 0.25) is 0 Å². The average molecular weight is 350 g/mol. The van der Waals surface area contributed by atoms with Crippen LogP contribution in [-0.2, 0) is 9.53 Å². The van der Waals surface area contributed by atoms with Crippen molar-refractivity contribution >= 4 is 27.6 Å². The lowest BCUT2D eigenvalue weighted by molar-refractivity contribution is -0.386. The van der Waals surface area contributed by atoms with Gasteiger partial charge in [0.1, 0.15) is 12.4 Å². The van der Waals surface area contributed by atoms with Gasteiger partial charge in [0, 0.05) is 0 Å². The molecule has 0 saturated carbocycles. The van der Waals surface area contributed by atoms with Crippen LogP contribution in [0.4, 0.5) is 10.1 Å². The van der Waals surface area contributed by atoms with E-state index in [1.807, 2.05) is 0 Å². The van der Waals surface area contributed by atoms with Crippen LogP contribution in [0, 0.1) is 21.3 Å². The highest BCUT2D eigenvalue weighted by Gasteiger charge is 2.31. The molecule has 20 heavy (non-hydrogen) atoms. The van der Waals surface area contributed by atoms with Crippen molar-refractivity contribution in [2.75, 3.05) is 13.7 Å². The van der Waals surface area contributed by atoms with E-state index in [0.717, 1.165) is 12.1 Å². The number of carbonyl (C=O) groups is 1. The van der Waals surface area contributed by atoms with Crippen molar-refractivity contribution in [3.63, 3.8) is 0 Å². The van der Waals surface area contributed by atoms with Crippen LogP contribution in [0.15, 0.2) is 16.6 Å². The minimum Gasteiger partial charge on any atom is -0.485 e. The van der Waals surface area contributed by atoms with Gasteiger partial charge in [0.15, 0.2) is 0 Å². The number of rotatable bonds is 5. The summed E-state index contributed by atoms with van der Waals surface area (Å²) in [7, 11) is 1.24. The first kappa shape index (κ1) is 16.4. The molecule has 1 rings (SSSR count). The molecule has 8 heteroatoms. The fraction of sp³-hybridized carbons (Fsp3) is 0.417. The summed E-state index contributed by atoms with van der Waals surface area (Å²) in [5, 5.41) is 10.9. The molecule has 0 heterocycles. The first-order valence-corrected chi connectivity index (χ1v) is 6.33. The minimum absolute atomic E-state index is 0.102. The number of methoxy groups -OCH3 is 1. The van der Waals surface area contributed by atoms with E-state index in [1.54, 1.807) is 13.8 Å². The molecule has 0 radical (unpaired) electrons. The Bertz CT molecular complexity index is 547. The van der Waals surface area contributed by atoms with Crippen molar-refractivity contribution in [1.82, 2.24) is 0 Å². The summed E-state index contributed by atoms with van der Waals surface area (Å²) in [6.45, 7) is 2.99. The molecule has 0 bridgehead atoms. The predicted octanol–water partition coefficient (Wildman–Crippen LogP) is 3.07. The first-order valence-electron chi connectivity index (χ1n) is 5.53. The summed E-state index contributed by atoms with van der Waals surface area (Å²) < 4.78 is 23.2. The standard InChI is InChI=1S/C12H13BrFNO5/c1-12(2,11(16)19-3)6-20-10-8(13)4-7(14)5-9(10)15(17)18/h4-5H,6H2,1-3H3. The Balaban J connectivity index is 3.04. The van der Waals surface area contributed by atoms with Gasteiger partial charge in [-0.1, -0.05) is 0 Å². The summed E-state index contributed by atoms with van der Waals surface area (Å²) in [5.74, 6) is -1.41. The van der Waals surface area contributed by atoms with E-state index in [2.05, 4.69) is 20.7 Å². The van der Waals surface area contributed by atoms with Crippen molar-refractivity contribution in [3.05, 3.63) is 32.5 Å². The second-order valence-electron chi connectivity index (χ2n) is 4.66. The molecule has 0 atom stereocenters. The second kappa shape index (κ2) is 6.17. The van der Waals surface area contributed by atoms with Gasteiger partial charge in [-0.25, -0.2) is 4.39 Å². The van der Waals surface area contributed by atoms with Gasteiger partial charge in [-0.2, -0.15) is 0 Å². The maximum Gasteiger partial charge on any atom is 0.315 e. The summed E-state index contributed by atoms with van der Waals surface area (Å²) in [4.78, 5) is 21.6. The van der Waals surface area contributed by atoms with Crippen LogP contribution in [-0.4, -0.2) is 24.6 Å². The number of halogens is 2. The van der Waals surface area contributed by atoms with Gasteiger partial charge < -0.3 is 9.47 Å². The SMILES string of the molecule is COC(=O)C(C)(C)COc1c(Br)cc(F)cc1[N+](=O)[O-]. The third kappa shape index (κ3) is 3.66. The normalized spacial score (nSPS) is 11.1. The Morgan fingerprint density at radius 2 is 2.10 bits per heavy atom. The number of esters is 1. The van der Waals surface area contributed by atoms with Gasteiger partial charge in [-0.3, -0.25) is 14.9 Å². The largest absolute Gasteiger partial charge is 0.485 e. The molecule has 1 aromatic carbocycles. The summed E-state index contributed by atoms with van der Waals surface area (Å²) in [6, 6.07) is 1.80. The van der Waals surface area contributed by atoms with Crippen molar-refractivity contribution < 1.29 is 23.6 Å². The van der Waals surface area contributed by atoms with Crippen molar-refractivity contribution in [2.24, 2.45) is 5.41 Å². The maximum atomic E-state index is 13.2. The Morgan fingerprint density at radius 3 is 2.60 bits per heavy atom. The molecule has 110 valence electrons. The van der Waals surface area contributed by atoms with E-state index in [0.29, 0.717) is 0 Å². The zero-order valence-electron chi connectivity index (χ0n) is 11.1. The third-order valence-corrected chi connectivity index (χ3v) is 3.09. The highest BCUT2D eigenvalue weighted by molar-refractivity contribution is 9.10. The summed E-state index contributed by atoms with van der Waals surface area (Å²) in [6.07, 6.45) is 0. The molecule has 0 unspecified atom stereocenters. The van der Waals surface area contributed by atoms with Crippen molar-refractivity contribution in [3.8, 4) is 5.75 Å². The van der Waals surface area contributed by atoms with Crippen LogP contribution < -0.4 is 4.74 Å². The zero-order chi connectivity index (χ0) is 15.5. The Hall–Kier alpha value is -1.70. The molecule has 0 aromatic heterocycles. The van der Waals surface area contributed by atoms with Gasteiger partial charge in [0.25, 0.3) is 0 Å². The Labute approximate surface area is 123 Å². The number of carbonyl (C=O) groups excluding carboxylic acids is 1. The van der Waals surface area contributed by atoms with Gasteiger partial charge in [0.05, 0.1) is 28.0 Å². The fourth-order valence-electron chi connectivity index (χ4n) is 1.41. The Kier molecular flexibility index (Phi) is 5.04. The summed E-state index contributed by atoms with van der Waals surface area (Å²) >= 11 is 3.00. The van der Waals surface area contributed by atoms with Gasteiger partial charge in [-0.15, -0.1) is 0 Å². The van der Waals surface area contributed by atoms with Crippen LogP contribution in [0.1, 0.15) is 13.8 Å². The van der Waals surface area contributed by atoms with Crippen LogP contribution in [0.5, 0.6) is 5.75 Å². The van der Waals surface area contributed by atoms with Crippen LogP contribution in [0.25, 0.3) is 0 Å². The number of nitro benzene ring substituents is 1. The molecule has 0 N–H and O–H groups in total. The van der Waals surface area contributed by atoms with Crippen LogP contribution >= 0.6 is 15.9 Å². The van der Waals surface area contributed by atoms with Gasteiger partial charge >= 0.3 is 11.7 Å². The zero-order valence-corrected chi connectivity index (χ0v) is 12.7. The van der Waals surface area contributed by atoms with Crippen molar-refractivity contribution in [1.29, 1.82) is 0 Å². The number of nitro groups is 1. The first-order chi connectivity index (χ1) is 9.19. The van der Waals surface area contributed by atoms with E-state index in [-0.39, 0.29) is 16.8 Å². The fourth-order valence-corrected chi connectivity index (χ4v) is 1.95. The lowest BCUT2D eigenvalue weighted by Crippen LogP contribution is -2.32. The molecule has 0 amide bonds. The second-order valence-corrected chi connectivity index (χ2v) is 5.51. The van der Waals surface area contributed by atoms with Crippen molar-refractivity contribution in [2.45, 2.75) is 13.8 Å². The molecule has 0 aliphatic carbocycles. The molecule has 0 fully saturated rings. The Morgan fingerprint density at radius 1 is 1.50 bits per heavy atom. The van der Waals surface area contributed by atoms with E-state index < -0.39 is 27.8 Å².